The molecule has 0 aliphatic carbocycles. The fourth-order valence-electron chi connectivity index (χ4n) is 2.77. The van der Waals surface area contributed by atoms with Gasteiger partial charge in [-0.3, -0.25) is 0 Å². The standard InChI is InChI=1S/C16H22N2O4S/c1-10-8-11(2)15(21-5)14(9-10)6-7-17-23(19,20)16-12(3)18-22-13(16)4/h8-9,17H,6-7H2,1-5H3. The van der Waals surface area contributed by atoms with Crippen LogP contribution in [0.5, 0.6) is 5.75 Å². The highest BCUT2D eigenvalue weighted by atomic mass is 32.2. The van der Waals surface area contributed by atoms with Crippen LogP contribution < -0.4 is 9.46 Å². The van der Waals surface area contributed by atoms with Gasteiger partial charge in [-0.15, -0.1) is 0 Å². The molecule has 0 saturated carbocycles. The largest absolute Gasteiger partial charge is 0.496 e. The first kappa shape index (κ1) is 17.5. The average molecular weight is 338 g/mol. The Labute approximate surface area is 136 Å². The van der Waals surface area contributed by atoms with E-state index in [9.17, 15) is 8.42 Å². The number of ether oxygens (including phenoxy) is 1. The molecule has 0 saturated heterocycles. The summed E-state index contributed by atoms with van der Waals surface area (Å²) in [6.07, 6.45) is 0.536. The van der Waals surface area contributed by atoms with Gasteiger partial charge in [0.05, 0.1) is 7.11 Å². The molecule has 0 unspecified atom stereocenters. The summed E-state index contributed by atoms with van der Waals surface area (Å²) in [5, 5.41) is 3.69. The van der Waals surface area contributed by atoms with Gasteiger partial charge in [-0.1, -0.05) is 22.9 Å². The lowest BCUT2D eigenvalue weighted by Gasteiger charge is -2.13. The van der Waals surface area contributed by atoms with E-state index in [0.29, 0.717) is 17.9 Å². The summed E-state index contributed by atoms with van der Waals surface area (Å²) in [6.45, 7) is 7.44. The van der Waals surface area contributed by atoms with Crippen molar-refractivity contribution in [3.8, 4) is 5.75 Å². The molecule has 0 spiro atoms. The van der Waals surface area contributed by atoms with Crippen LogP contribution in [-0.2, 0) is 16.4 Å². The summed E-state index contributed by atoms with van der Waals surface area (Å²) in [7, 11) is -2.02. The summed E-state index contributed by atoms with van der Waals surface area (Å²) in [5.74, 6) is 1.09. The lowest BCUT2D eigenvalue weighted by molar-refractivity contribution is 0.390. The molecule has 0 atom stereocenters. The normalized spacial score (nSPS) is 11.7. The molecule has 0 amide bonds. The summed E-state index contributed by atoms with van der Waals surface area (Å²) >= 11 is 0. The number of hydrogen-bond acceptors (Lipinski definition) is 5. The monoisotopic (exact) mass is 338 g/mol. The number of rotatable bonds is 6. The van der Waals surface area contributed by atoms with Gasteiger partial charge in [-0.2, -0.15) is 0 Å². The first-order valence-corrected chi connectivity index (χ1v) is 8.81. The van der Waals surface area contributed by atoms with Crippen molar-refractivity contribution in [1.82, 2.24) is 9.88 Å². The van der Waals surface area contributed by atoms with E-state index in [4.69, 9.17) is 9.26 Å². The highest BCUT2D eigenvalue weighted by Gasteiger charge is 2.23. The number of aryl methyl sites for hydroxylation is 4. The van der Waals surface area contributed by atoms with E-state index in [2.05, 4.69) is 9.88 Å². The maximum atomic E-state index is 12.4. The van der Waals surface area contributed by atoms with Crippen LogP contribution in [0.25, 0.3) is 0 Å². The van der Waals surface area contributed by atoms with E-state index < -0.39 is 10.0 Å². The lowest BCUT2D eigenvalue weighted by atomic mass is 10.0. The number of sulfonamides is 1. The van der Waals surface area contributed by atoms with E-state index in [1.807, 2.05) is 26.0 Å². The third-order valence-electron chi connectivity index (χ3n) is 3.62. The summed E-state index contributed by atoms with van der Waals surface area (Å²) in [5.41, 5.74) is 3.49. The molecule has 0 bridgehead atoms. The van der Waals surface area contributed by atoms with E-state index in [0.717, 1.165) is 22.4 Å². The zero-order chi connectivity index (χ0) is 17.2. The summed E-state index contributed by atoms with van der Waals surface area (Å²) < 4.78 is 37.7. The Kier molecular flexibility index (Phi) is 5.11. The quantitative estimate of drug-likeness (QED) is 0.875. The molecule has 0 radical (unpaired) electrons. The van der Waals surface area contributed by atoms with E-state index in [1.165, 1.54) is 0 Å². The van der Waals surface area contributed by atoms with Crippen molar-refractivity contribution < 1.29 is 17.7 Å². The van der Waals surface area contributed by atoms with Gasteiger partial charge in [0.15, 0.2) is 5.76 Å². The van der Waals surface area contributed by atoms with Gasteiger partial charge in [0, 0.05) is 6.54 Å². The minimum absolute atomic E-state index is 0.116. The van der Waals surface area contributed by atoms with E-state index >= 15 is 0 Å². The van der Waals surface area contributed by atoms with Crippen molar-refractivity contribution in [3.63, 3.8) is 0 Å². The summed E-state index contributed by atoms with van der Waals surface area (Å²) in [4.78, 5) is 0.116. The molecule has 2 rings (SSSR count). The number of methoxy groups -OCH3 is 1. The van der Waals surface area contributed by atoms with Gasteiger partial charge in [-0.05, 0) is 45.2 Å². The van der Waals surface area contributed by atoms with Gasteiger partial charge < -0.3 is 9.26 Å². The average Bonchev–Trinajstić information content (AvgIpc) is 2.78. The van der Waals surface area contributed by atoms with Crippen LogP contribution in [0, 0.1) is 27.7 Å². The van der Waals surface area contributed by atoms with Gasteiger partial charge >= 0.3 is 0 Å². The Bertz CT molecular complexity index is 790. The molecule has 126 valence electrons. The number of nitrogens with one attached hydrogen (secondary N) is 1. The number of nitrogens with zero attached hydrogens (tertiary/aromatic N) is 1. The second-order valence-electron chi connectivity index (χ2n) is 5.58. The molecule has 0 aliphatic rings. The predicted octanol–water partition coefficient (Wildman–Crippen LogP) is 2.44. The molecule has 1 N–H and O–H groups in total. The van der Waals surface area contributed by atoms with Crippen LogP contribution in [0.3, 0.4) is 0 Å². The third kappa shape index (κ3) is 3.73. The molecule has 7 heteroatoms. The second kappa shape index (κ2) is 6.72. The zero-order valence-electron chi connectivity index (χ0n) is 14.1. The van der Waals surface area contributed by atoms with Gasteiger partial charge in [0.2, 0.25) is 10.0 Å². The Balaban J connectivity index is 2.14. The Hall–Kier alpha value is -1.86. The molecule has 23 heavy (non-hydrogen) atoms. The second-order valence-corrected chi connectivity index (χ2v) is 7.28. The van der Waals surface area contributed by atoms with Gasteiger partial charge in [0.1, 0.15) is 16.3 Å². The zero-order valence-corrected chi connectivity index (χ0v) is 14.9. The van der Waals surface area contributed by atoms with Crippen LogP contribution in [0.1, 0.15) is 28.1 Å². The highest BCUT2D eigenvalue weighted by molar-refractivity contribution is 7.89. The van der Waals surface area contributed by atoms with Crippen LogP contribution in [0.15, 0.2) is 21.6 Å². The van der Waals surface area contributed by atoms with Crippen LogP contribution in [0.4, 0.5) is 0 Å². The molecule has 1 aromatic heterocycles. The van der Waals surface area contributed by atoms with Crippen molar-refractivity contribution in [1.29, 1.82) is 0 Å². The molecule has 1 aromatic carbocycles. The van der Waals surface area contributed by atoms with Crippen molar-refractivity contribution in [2.24, 2.45) is 0 Å². The van der Waals surface area contributed by atoms with Crippen LogP contribution >= 0.6 is 0 Å². The maximum Gasteiger partial charge on any atom is 0.245 e. The predicted molar refractivity (Wildman–Crippen MR) is 87.3 cm³/mol. The van der Waals surface area contributed by atoms with Crippen LogP contribution in [0.2, 0.25) is 0 Å². The summed E-state index contributed by atoms with van der Waals surface area (Å²) in [6, 6.07) is 4.05. The first-order valence-electron chi connectivity index (χ1n) is 7.33. The topological polar surface area (TPSA) is 81.4 Å². The molecular weight excluding hydrogens is 316 g/mol. The van der Waals surface area contributed by atoms with E-state index in [-0.39, 0.29) is 11.4 Å². The van der Waals surface area contributed by atoms with Crippen molar-refractivity contribution in [2.45, 2.75) is 39.0 Å². The number of benzene rings is 1. The van der Waals surface area contributed by atoms with Gasteiger partial charge in [0.25, 0.3) is 0 Å². The number of aromatic nitrogens is 1. The Morgan fingerprint density at radius 2 is 1.91 bits per heavy atom. The Morgan fingerprint density at radius 3 is 2.48 bits per heavy atom. The minimum Gasteiger partial charge on any atom is -0.496 e. The van der Waals surface area contributed by atoms with Crippen LogP contribution in [-0.4, -0.2) is 27.2 Å². The van der Waals surface area contributed by atoms with Crippen molar-refractivity contribution in [3.05, 3.63) is 40.3 Å². The Morgan fingerprint density at radius 1 is 1.22 bits per heavy atom. The van der Waals surface area contributed by atoms with Crippen molar-refractivity contribution in [2.75, 3.05) is 13.7 Å². The highest BCUT2D eigenvalue weighted by Crippen LogP contribution is 2.25. The fraction of sp³-hybridized carbons (Fsp3) is 0.438. The molecular formula is C16H22N2O4S. The minimum atomic E-state index is -3.64. The molecule has 0 aliphatic heterocycles. The molecule has 6 nitrogen and oxygen atoms in total. The SMILES string of the molecule is COc1c(C)cc(C)cc1CCNS(=O)(=O)c1c(C)noc1C. The lowest BCUT2D eigenvalue weighted by Crippen LogP contribution is -2.27. The number of hydrogen-bond donors (Lipinski definition) is 1. The smallest absolute Gasteiger partial charge is 0.245 e. The third-order valence-corrected chi connectivity index (χ3v) is 5.33. The molecule has 0 fully saturated rings. The van der Waals surface area contributed by atoms with Crippen molar-refractivity contribution >= 4 is 10.0 Å². The molecule has 2 aromatic rings. The molecule has 1 heterocycles. The van der Waals surface area contributed by atoms with Gasteiger partial charge in [-0.25, -0.2) is 13.1 Å². The van der Waals surface area contributed by atoms with E-state index in [1.54, 1.807) is 21.0 Å². The fourth-order valence-corrected chi connectivity index (χ4v) is 4.13. The maximum absolute atomic E-state index is 12.4. The first-order chi connectivity index (χ1) is 10.8.